The molecule has 3 heterocycles. The average Bonchev–Trinajstić information content (AvgIpc) is 3.44. The lowest BCUT2D eigenvalue weighted by atomic mass is 9.95. The van der Waals surface area contributed by atoms with Gasteiger partial charge in [-0.05, 0) is 57.7 Å². The van der Waals surface area contributed by atoms with Crippen molar-refractivity contribution in [1.29, 1.82) is 0 Å². The summed E-state index contributed by atoms with van der Waals surface area (Å²) in [5, 5.41) is 8.30. The van der Waals surface area contributed by atoms with E-state index in [-0.39, 0.29) is 5.91 Å². The molecule has 0 unspecified atom stereocenters. The number of piperidine rings is 1. The van der Waals surface area contributed by atoms with Crippen LogP contribution in [0.4, 0.5) is 0 Å². The number of fused-ring (bicyclic) bond motifs is 1. The molecule has 2 aromatic heterocycles. The quantitative estimate of drug-likeness (QED) is 0.861. The van der Waals surface area contributed by atoms with E-state index >= 15 is 0 Å². The standard InChI is InChI=1S/C20H28N4O2/c1-3-4-16-18-15(11-17(14-5-6-14)22-19(18)26-23-16)20(25)24-9-7-13(8-10-24)12-21-2/h11,13-14,21H,3-10,12H2,1-2H3. The number of hydrogen-bond acceptors (Lipinski definition) is 5. The van der Waals surface area contributed by atoms with E-state index in [1.807, 2.05) is 18.0 Å². The zero-order chi connectivity index (χ0) is 18.1. The van der Waals surface area contributed by atoms with Gasteiger partial charge in [-0.25, -0.2) is 4.98 Å². The van der Waals surface area contributed by atoms with Gasteiger partial charge in [0.1, 0.15) is 0 Å². The van der Waals surface area contributed by atoms with Crippen LogP contribution >= 0.6 is 0 Å². The molecule has 1 saturated heterocycles. The number of hydrogen-bond donors (Lipinski definition) is 1. The van der Waals surface area contributed by atoms with E-state index in [1.165, 1.54) is 0 Å². The highest BCUT2D eigenvalue weighted by Gasteiger charge is 2.31. The third kappa shape index (κ3) is 3.34. The maximum atomic E-state index is 13.3. The molecule has 2 fully saturated rings. The van der Waals surface area contributed by atoms with Crippen LogP contribution in [0, 0.1) is 5.92 Å². The van der Waals surface area contributed by atoms with Crippen molar-refractivity contribution in [2.24, 2.45) is 5.92 Å². The van der Waals surface area contributed by atoms with E-state index in [9.17, 15) is 4.79 Å². The molecule has 2 aromatic rings. The summed E-state index contributed by atoms with van der Waals surface area (Å²) in [6, 6.07) is 2.01. The summed E-state index contributed by atoms with van der Waals surface area (Å²) in [6.07, 6.45) is 6.19. The summed E-state index contributed by atoms with van der Waals surface area (Å²) in [5.74, 6) is 1.25. The predicted molar refractivity (Wildman–Crippen MR) is 100 cm³/mol. The summed E-state index contributed by atoms with van der Waals surface area (Å²) in [5.41, 5.74) is 3.14. The molecule has 140 valence electrons. The van der Waals surface area contributed by atoms with Gasteiger partial charge in [0.05, 0.1) is 16.6 Å². The van der Waals surface area contributed by atoms with Crippen LogP contribution in [-0.4, -0.2) is 47.6 Å². The zero-order valence-electron chi connectivity index (χ0n) is 15.8. The molecule has 0 spiro atoms. The Balaban J connectivity index is 1.65. The Hall–Kier alpha value is -1.95. The topological polar surface area (TPSA) is 71.3 Å². The third-order valence-corrected chi connectivity index (χ3v) is 5.64. The molecule has 6 heteroatoms. The molecule has 1 aliphatic heterocycles. The molecule has 4 rings (SSSR count). The van der Waals surface area contributed by atoms with Gasteiger partial charge >= 0.3 is 0 Å². The fraction of sp³-hybridized carbons (Fsp3) is 0.650. The Bertz CT molecular complexity index is 788. The normalized spacial score (nSPS) is 18.6. The first-order valence-electron chi connectivity index (χ1n) is 9.94. The molecule has 6 nitrogen and oxygen atoms in total. The van der Waals surface area contributed by atoms with Crippen LogP contribution < -0.4 is 5.32 Å². The lowest BCUT2D eigenvalue weighted by molar-refractivity contribution is 0.0692. The van der Waals surface area contributed by atoms with Crippen LogP contribution in [-0.2, 0) is 6.42 Å². The Morgan fingerprint density at radius 3 is 2.73 bits per heavy atom. The van der Waals surface area contributed by atoms with Crippen LogP contribution in [0.3, 0.4) is 0 Å². The number of carbonyl (C=O) groups is 1. The molecule has 0 atom stereocenters. The maximum Gasteiger partial charge on any atom is 0.259 e. The number of pyridine rings is 1. The Morgan fingerprint density at radius 1 is 1.31 bits per heavy atom. The van der Waals surface area contributed by atoms with Gasteiger partial charge in [0.2, 0.25) is 0 Å². The lowest BCUT2D eigenvalue weighted by Gasteiger charge is -2.32. The van der Waals surface area contributed by atoms with Crippen molar-refractivity contribution in [3.8, 4) is 0 Å². The molecule has 0 aromatic carbocycles. The molecule has 0 radical (unpaired) electrons. The number of rotatable bonds is 6. The number of nitrogens with zero attached hydrogens (tertiary/aromatic N) is 3. The van der Waals surface area contributed by atoms with Crippen molar-refractivity contribution in [3.63, 3.8) is 0 Å². The number of likely N-dealkylation sites (tertiary alicyclic amines) is 1. The van der Waals surface area contributed by atoms with E-state index in [0.29, 0.717) is 17.5 Å². The van der Waals surface area contributed by atoms with Crippen molar-refractivity contribution < 1.29 is 9.32 Å². The highest BCUT2D eigenvalue weighted by atomic mass is 16.5. The Kier molecular flexibility index (Phi) is 4.94. The zero-order valence-corrected chi connectivity index (χ0v) is 15.8. The first kappa shape index (κ1) is 17.5. The van der Waals surface area contributed by atoms with Gasteiger partial charge in [0.25, 0.3) is 11.6 Å². The van der Waals surface area contributed by atoms with Crippen LogP contribution in [0.1, 0.15) is 66.7 Å². The highest BCUT2D eigenvalue weighted by Crippen LogP contribution is 2.41. The van der Waals surface area contributed by atoms with Gasteiger partial charge in [-0.15, -0.1) is 0 Å². The predicted octanol–water partition coefficient (Wildman–Crippen LogP) is 3.12. The molecule has 2 aliphatic rings. The van der Waals surface area contributed by atoms with Gasteiger partial charge in [-0.2, -0.15) is 0 Å². The van der Waals surface area contributed by atoms with E-state index in [0.717, 1.165) is 80.5 Å². The number of carbonyl (C=O) groups excluding carboxylic acids is 1. The van der Waals surface area contributed by atoms with Crippen molar-refractivity contribution in [1.82, 2.24) is 20.4 Å². The van der Waals surface area contributed by atoms with Crippen LogP contribution in [0.15, 0.2) is 10.6 Å². The maximum absolute atomic E-state index is 13.3. The monoisotopic (exact) mass is 356 g/mol. The first-order chi connectivity index (χ1) is 12.7. The minimum absolute atomic E-state index is 0.114. The fourth-order valence-corrected chi connectivity index (χ4v) is 3.99. The van der Waals surface area contributed by atoms with Crippen LogP contribution in [0.25, 0.3) is 11.1 Å². The number of aryl methyl sites for hydroxylation is 1. The molecule has 1 amide bonds. The van der Waals surface area contributed by atoms with Gasteiger partial charge in [-0.1, -0.05) is 18.5 Å². The first-order valence-corrected chi connectivity index (χ1v) is 9.94. The highest BCUT2D eigenvalue weighted by molar-refractivity contribution is 6.06. The van der Waals surface area contributed by atoms with Crippen LogP contribution in [0.2, 0.25) is 0 Å². The third-order valence-electron chi connectivity index (χ3n) is 5.64. The second kappa shape index (κ2) is 7.35. The largest absolute Gasteiger partial charge is 0.339 e. The molecular weight excluding hydrogens is 328 g/mol. The van der Waals surface area contributed by atoms with E-state index in [2.05, 4.69) is 22.4 Å². The molecular formula is C20H28N4O2. The van der Waals surface area contributed by atoms with E-state index in [4.69, 9.17) is 4.52 Å². The van der Waals surface area contributed by atoms with Gasteiger partial charge in [0.15, 0.2) is 0 Å². The summed E-state index contributed by atoms with van der Waals surface area (Å²) in [6.45, 7) is 4.78. The average molecular weight is 356 g/mol. The van der Waals surface area contributed by atoms with E-state index in [1.54, 1.807) is 0 Å². The van der Waals surface area contributed by atoms with Crippen molar-refractivity contribution in [2.75, 3.05) is 26.7 Å². The van der Waals surface area contributed by atoms with Gasteiger partial charge in [-0.3, -0.25) is 4.79 Å². The van der Waals surface area contributed by atoms with Gasteiger partial charge in [0, 0.05) is 24.7 Å². The summed E-state index contributed by atoms with van der Waals surface area (Å²) < 4.78 is 5.51. The van der Waals surface area contributed by atoms with Crippen molar-refractivity contribution >= 4 is 17.0 Å². The second-order valence-corrected chi connectivity index (χ2v) is 7.72. The smallest absolute Gasteiger partial charge is 0.259 e. The number of nitrogens with one attached hydrogen (secondary N) is 1. The van der Waals surface area contributed by atoms with Crippen molar-refractivity contribution in [3.05, 3.63) is 23.0 Å². The SMILES string of the molecule is CCCc1noc2nc(C3CC3)cc(C(=O)N3CCC(CNC)CC3)c12. The summed E-state index contributed by atoms with van der Waals surface area (Å²) in [4.78, 5) is 20.0. The van der Waals surface area contributed by atoms with Crippen LogP contribution in [0.5, 0.6) is 0 Å². The molecule has 1 saturated carbocycles. The lowest BCUT2D eigenvalue weighted by Crippen LogP contribution is -2.40. The molecule has 0 bridgehead atoms. The minimum atomic E-state index is 0.114. The van der Waals surface area contributed by atoms with E-state index < -0.39 is 0 Å². The Labute approximate surface area is 154 Å². The Morgan fingerprint density at radius 2 is 2.08 bits per heavy atom. The molecule has 1 aliphatic carbocycles. The minimum Gasteiger partial charge on any atom is -0.339 e. The van der Waals surface area contributed by atoms with Gasteiger partial charge < -0.3 is 14.7 Å². The molecule has 1 N–H and O–H groups in total. The summed E-state index contributed by atoms with van der Waals surface area (Å²) >= 11 is 0. The number of amides is 1. The fourth-order valence-electron chi connectivity index (χ4n) is 3.99. The second-order valence-electron chi connectivity index (χ2n) is 7.72. The molecule has 26 heavy (non-hydrogen) atoms. The van der Waals surface area contributed by atoms with Crippen molar-refractivity contribution in [2.45, 2.75) is 51.4 Å². The number of aromatic nitrogens is 2. The summed E-state index contributed by atoms with van der Waals surface area (Å²) in [7, 11) is 1.99.